The zero-order chi connectivity index (χ0) is 14.5. The van der Waals surface area contributed by atoms with Crippen LogP contribution in [0.3, 0.4) is 0 Å². The Labute approximate surface area is 127 Å². The Morgan fingerprint density at radius 3 is 2.85 bits per heavy atom. The number of carbonyl (C=O) groups excluding carboxylic acids is 1. The fraction of sp³-hybridized carbons (Fsp3) is 0.333. The van der Waals surface area contributed by atoms with E-state index in [1.165, 1.54) is 11.1 Å². The lowest BCUT2D eigenvalue weighted by atomic mass is 10.1. The van der Waals surface area contributed by atoms with Gasteiger partial charge in [0, 0.05) is 22.8 Å². The number of halogens is 1. The van der Waals surface area contributed by atoms with E-state index < -0.39 is 0 Å². The largest absolute Gasteiger partial charge is 0.349 e. The van der Waals surface area contributed by atoms with Crippen LogP contribution in [-0.4, -0.2) is 15.9 Å². The number of nitrogens with one attached hydrogen (secondary N) is 2. The van der Waals surface area contributed by atoms with Gasteiger partial charge in [0.15, 0.2) is 0 Å². The highest BCUT2D eigenvalue weighted by Gasteiger charge is 2.05. The molecule has 4 nitrogen and oxygen atoms in total. The topological polar surface area (TPSA) is 57.8 Å². The summed E-state index contributed by atoms with van der Waals surface area (Å²) in [5, 5.41) is 2.87. The fourth-order valence-corrected chi connectivity index (χ4v) is 2.19. The molecule has 20 heavy (non-hydrogen) atoms. The minimum atomic E-state index is 0.0413. The number of H-pyrrole nitrogens is 1. The normalized spacial score (nSPS) is 10.6. The second-order valence-electron chi connectivity index (χ2n) is 4.87. The molecule has 106 valence electrons. The van der Waals surface area contributed by atoms with Crippen molar-refractivity contribution in [2.24, 2.45) is 0 Å². The van der Waals surface area contributed by atoms with Gasteiger partial charge in [-0.05, 0) is 37.5 Å². The number of carbonyl (C=O) groups is 1. The van der Waals surface area contributed by atoms with Gasteiger partial charge in [-0.25, -0.2) is 4.98 Å². The summed E-state index contributed by atoms with van der Waals surface area (Å²) in [6, 6.07) is 6.17. The Balaban J connectivity index is 1.78. The Bertz CT molecular complexity index is 607. The molecule has 0 aliphatic carbocycles. The van der Waals surface area contributed by atoms with E-state index >= 15 is 0 Å². The summed E-state index contributed by atoms with van der Waals surface area (Å²) in [7, 11) is 0. The monoisotopic (exact) mass is 335 g/mol. The lowest BCUT2D eigenvalue weighted by Gasteiger charge is -2.05. The van der Waals surface area contributed by atoms with Gasteiger partial charge in [0.05, 0.1) is 6.54 Å². The van der Waals surface area contributed by atoms with Gasteiger partial charge in [0.25, 0.3) is 0 Å². The summed E-state index contributed by atoms with van der Waals surface area (Å²) in [5.41, 5.74) is 3.36. The van der Waals surface area contributed by atoms with Crippen molar-refractivity contribution in [1.29, 1.82) is 0 Å². The van der Waals surface area contributed by atoms with Crippen molar-refractivity contribution >= 4 is 21.8 Å². The van der Waals surface area contributed by atoms with Crippen LogP contribution in [0, 0.1) is 13.8 Å². The number of aromatic nitrogens is 2. The van der Waals surface area contributed by atoms with Crippen LogP contribution in [0.4, 0.5) is 0 Å². The summed E-state index contributed by atoms with van der Waals surface area (Å²) in [4.78, 5) is 19.0. The number of hydrogen-bond acceptors (Lipinski definition) is 2. The van der Waals surface area contributed by atoms with E-state index in [2.05, 4.69) is 37.3 Å². The SMILES string of the molecule is Cc1cnc(CNC(=O)CCc2ccc(Br)c(C)c2)[nH]1. The van der Waals surface area contributed by atoms with Crippen molar-refractivity contribution in [3.63, 3.8) is 0 Å². The van der Waals surface area contributed by atoms with Crippen LogP contribution < -0.4 is 5.32 Å². The molecule has 0 saturated heterocycles. The maximum atomic E-state index is 11.8. The van der Waals surface area contributed by atoms with Gasteiger partial charge >= 0.3 is 0 Å². The molecule has 0 aliphatic heterocycles. The highest BCUT2D eigenvalue weighted by Crippen LogP contribution is 2.17. The lowest BCUT2D eigenvalue weighted by molar-refractivity contribution is -0.121. The van der Waals surface area contributed by atoms with Gasteiger partial charge in [0.1, 0.15) is 5.82 Å². The van der Waals surface area contributed by atoms with Gasteiger partial charge < -0.3 is 10.3 Å². The Morgan fingerprint density at radius 2 is 2.20 bits per heavy atom. The first-order valence-corrected chi connectivity index (χ1v) is 7.36. The van der Waals surface area contributed by atoms with E-state index in [0.29, 0.717) is 13.0 Å². The molecule has 2 aromatic rings. The molecule has 0 bridgehead atoms. The Hall–Kier alpha value is -1.62. The van der Waals surface area contributed by atoms with E-state index in [-0.39, 0.29) is 5.91 Å². The molecule has 2 N–H and O–H groups in total. The van der Waals surface area contributed by atoms with Crippen LogP contribution in [-0.2, 0) is 17.8 Å². The van der Waals surface area contributed by atoms with E-state index in [1.807, 2.05) is 26.0 Å². The van der Waals surface area contributed by atoms with E-state index in [1.54, 1.807) is 6.20 Å². The molecule has 0 radical (unpaired) electrons. The van der Waals surface area contributed by atoms with Gasteiger partial charge in [-0.15, -0.1) is 0 Å². The number of imidazole rings is 1. The third-order valence-electron chi connectivity index (χ3n) is 3.07. The van der Waals surface area contributed by atoms with Crippen LogP contribution in [0.25, 0.3) is 0 Å². The summed E-state index contributed by atoms with van der Waals surface area (Å²) >= 11 is 3.47. The Morgan fingerprint density at radius 1 is 1.40 bits per heavy atom. The van der Waals surface area contributed by atoms with Gasteiger partial charge in [-0.1, -0.05) is 28.1 Å². The van der Waals surface area contributed by atoms with Crippen molar-refractivity contribution in [2.45, 2.75) is 33.2 Å². The van der Waals surface area contributed by atoms with Crippen molar-refractivity contribution in [1.82, 2.24) is 15.3 Å². The lowest BCUT2D eigenvalue weighted by Crippen LogP contribution is -2.23. The number of rotatable bonds is 5. The molecular formula is C15H18BrN3O. The van der Waals surface area contributed by atoms with Crippen molar-refractivity contribution in [2.75, 3.05) is 0 Å². The molecule has 0 spiro atoms. The highest BCUT2D eigenvalue weighted by molar-refractivity contribution is 9.10. The predicted octanol–water partition coefficient (Wildman–Crippen LogP) is 3.04. The molecular weight excluding hydrogens is 318 g/mol. The summed E-state index contributed by atoms with van der Waals surface area (Å²) < 4.78 is 1.10. The van der Waals surface area contributed by atoms with E-state index in [4.69, 9.17) is 0 Å². The zero-order valence-electron chi connectivity index (χ0n) is 11.7. The van der Waals surface area contributed by atoms with Gasteiger partial charge in [0.2, 0.25) is 5.91 Å². The summed E-state index contributed by atoms with van der Waals surface area (Å²) in [6.45, 7) is 4.44. The molecule has 0 atom stereocenters. The Kier molecular flexibility index (Phi) is 4.95. The predicted molar refractivity (Wildman–Crippen MR) is 82.4 cm³/mol. The number of aromatic amines is 1. The number of nitrogens with zero attached hydrogens (tertiary/aromatic N) is 1. The minimum absolute atomic E-state index is 0.0413. The second kappa shape index (κ2) is 6.70. The maximum absolute atomic E-state index is 11.8. The quantitative estimate of drug-likeness (QED) is 0.882. The van der Waals surface area contributed by atoms with Crippen molar-refractivity contribution in [3.05, 3.63) is 51.5 Å². The molecule has 1 amide bonds. The molecule has 5 heteroatoms. The van der Waals surface area contributed by atoms with Crippen molar-refractivity contribution < 1.29 is 4.79 Å². The van der Waals surface area contributed by atoms with Gasteiger partial charge in [-0.2, -0.15) is 0 Å². The number of amides is 1. The summed E-state index contributed by atoms with van der Waals surface area (Å²) in [6.07, 6.45) is 2.99. The van der Waals surface area contributed by atoms with Crippen LogP contribution in [0.5, 0.6) is 0 Å². The number of aryl methyl sites for hydroxylation is 3. The second-order valence-corrected chi connectivity index (χ2v) is 5.73. The van der Waals surface area contributed by atoms with E-state index in [0.717, 1.165) is 22.4 Å². The van der Waals surface area contributed by atoms with Crippen LogP contribution >= 0.6 is 15.9 Å². The van der Waals surface area contributed by atoms with Crippen LogP contribution in [0.2, 0.25) is 0 Å². The van der Waals surface area contributed by atoms with Gasteiger partial charge in [-0.3, -0.25) is 4.79 Å². The first-order valence-electron chi connectivity index (χ1n) is 6.57. The van der Waals surface area contributed by atoms with Crippen LogP contribution in [0.15, 0.2) is 28.9 Å². The first-order chi connectivity index (χ1) is 9.54. The molecule has 1 aromatic carbocycles. The van der Waals surface area contributed by atoms with E-state index in [9.17, 15) is 4.79 Å². The average molecular weight is 336 g/mol. The molecule has 0 unspecified atom stereocenters. The first kappa shape index (κ1) is 14.8. The third-order valence-corrected chi connectivity index (χ3v) is 3.96. The number of hydrogen-bond donors (Lipinski definition) is 2. The molecule has 0 saturated carbocycles. The molecule has 1 aromatic heterocycles. The third kappa shape index (κ3) is 4.20. The zero-order valence-corrected chi connectivity index (χ0v) is 13.3. The fourth-order valence-electron chi connectivity index (χ4n) is 1.95. The maximum Gasteiger partial charge on any atom is 0.220 e. The molecule has 0 fully saturated rings. The summed E-state index contributed by atoms with van der Waals surface area (Å²) in [5.74, 6) is 0.829. The molecule has 2 rings (SSSR count). The average Bonchev–Trinajstić information content (AvgIpc) is 2.83. The highest BCUT2D eigenvalue weighted by atomic mass is 79.9. The van der Waals surface area contributed by atoms with Crippen LogP contribution in [0.1, 0.15) is 29.1 Å². The smallest absolute Gasteiger partial charge is 0.220 e. The number of benzene rings is 1. The minimum Gasteiger partial charge on any atom is -0.349 e. The van der Waals surface area contributed by atoms with Crippen molar-refractivity contribution in [3.8, 4) is 0 Å². The molecule has 1 heterocycles. The standard InChI is InChI=1S/C15H18BrN3O/c1-10-7-12(3-5-13(10)16)4-6-15(20)18-9-14-17-8-11(2)19-14/h3,5,7-8H,4,6,9H2,1-2H3,(H,17,19)(H,18,20). The molecule has 0 aliphatic rings.